The fraction of sp³-hybridized carbons (Fsp3) is 0.143. The van der Waals surface area contributed by atoms with Gasteiger partial charge in [0.05, 0.1) is 0 Å². The van der Waals surface area contributed by atoms with Crippen molar-refractivity contribution in [3.8, 4) is 28.6 Å². The summed E-state index contributed by atoms with van der Waals surface area (Å²) in [7, 11) is 0. The van der Waals surface area contributed by atoms with Crippen molar-refractivity contribution in [3.63, 3.8) is 0 Å². The van der Waals surface area contributed by atoms with Gasteiger partial charge in [-0.2, -0.15) is 0 Å². The lowest BCUT2D eigenvalue weighted by Gasteiger charge is -2.16. The summed E-state index contributed by atoms with van der Waals surface area (Å²) in [4.78, 5) is 48.9. The fourth-order valence-electron chi connectivity index (χ4n) is 3.06. The molecule has 0 saturated heterocycles. The molecule has 3 rings (SSSR count). The van der Waals surface area contributed by atoms with E-state index in [0.29, 0.717) is 5.56 Å². The predicted octanol–water partition coefficient (Wildman–Crippen LogP) is 3.20. The Bertz CT molecular complexity index is 1240. The first kappa shape index (κ1) is 19.8. The van der Waals surface area contributed by atoms with Gasteiger partial charge in [0.25, 0.3) is 0 Å². The SMILES string of the molecule is CC(=O)Oc1c(C(C)=O)c(O)c(C(C)=O)c2oc(-c3ccccc3)c(O)c(=O)c12. The van der Waals surface area contributed by atoms with E-state index in [1.54, 1.807) is 30.3 Å². The van der Waals surface area contributed by atoms with E-state index in [0.717, 1.165) is 20.8 Å². The maximum absolute atomic E-state index is 13.0. The molecule has 1 aromatic heterocycles. The summed E-state index contributed by atoms with van der Waals surface area (Å²) in [5.74, 6) is -4.73. The molecule has 29 heavy (non-hydrogen) atoms. The zero-order valence-corrected chi connectivity index (χ0v) is 15.7. The average Bonchev–Trinajstić information content (AvgIpc) is 2.63. The molecular formula is C21H16O8. The summed E-state index contributed by atoms with van der Waals surface area (Å²) in [6.45, 7) is 3.21. The molecule has 0 aliphatic rings. The highest BCUT2D eigenvalue weighted by molar-refractivity contribution is 6.16. The van der Waals surface area contributed by atoms with Crippen LogP contribution < -0.4 is 10.2 Å². The van der Waals surface area contributed by atoms with Gasteiger partial charge in [-0.25, -0.2) is 0 Å². The van der Waals surface area contributed by atoms with Gasteiger partial charge in [0.2, 0.25) is 11.2 Å². The standard InChI is InChI=1S/C21H16O8/c1-9(22)13-16(25)14(10(2)23)21-15(20(13)28-11(3)24)17(26)18(27)19(29-21)12-7-5-4-6-8-12/h4-8,25,27H,1-3H3. The largest absolute Gasteiger partial charge is 0.506 e. The zero-order chi connectivity index (χ0) is 21.5. The topological polar surface area (TPSA) is 131 Å². The minimum Gasteiger partial charge on any atom is -0.506 e. The number of carbonyl (C=O) groups is 3. The number of carbonyl (C=O) groups excluding carboxylic acids is 3. The van der Waals surface area contributed by atoms with Crippen LogP contribution in [0.25, 0.3) is 22.3 Å². The molecule has 0 radical (unpaired) electrons. The molecule has 0 atom stereocenters. The third-order valence-corrected chi connectivity index (χ3v) is 4.23. The van der Waals surface area contributed by atoms with Gasteiger partial charge in [0.15, 0.2) is 28.7 Å². The van der Waals surface area contributed by atoms with Crippen LogP contribution in [0.15, 0.2) is 39.5 Å². The van der Waals surface area contributed by atoms with E-state index < -0.39 is 62.3 Å². The van der Waals surface area contributed by atoms with Crippen molar-refractivity contribution < 1.29 is 33.8 Å². The van der Waals surface area contributed by atoms with Crippen LogP contribution in [0.2, 0.25) is 0 Å². The van der Waals surface area contributed by atoms with Crippen molar-refractivity contribution in [1.29, 1.82) is 0 Å². The number of rotatable bonds is 4. The van der Waals surface area contributed by atoms with Crippen LogP contribution in [-0.2, 0) is 4.79 Å². The zero-order valence-electron chi connectivity index (χ0n) is 15.7. The van der Waals surface area contributed by atoms with E-state index in [2.05, 4.69) is 0 Å². The van der Waals surface area contributed by atoms with Gasteiger partial charge in [-0.1, -0.05) is 30.3 Å². The second-order valence-electron chi connectivity index (χ2n) is 6.31. The van der Waals surface area contributed by atoms with Crippen LogP contribution >= 0.6 is 0 Å². The van der Waals surface area contributed by atoms with Crippen LogP contribution in [0.4, 0.5) is 0 Å². The summed E-state index contributed by atoms with van der Waals surface area (Å²) in [5.41, 5.74) is -2.06. The van der Waals surface area contributed by atoms with E-state index in [9.17, 15) is 29.4 Å². The first-order chi connectivity index (χ1) is 13.6. The molecule has 8 nitrogen and oxygen atoms in total. The van der Waals surface area contributed by atoms with Gasteiger partial charge in [0.1, 0.15) is 22.3 Å². The molecule has 1 heterocycles. The molecule has 2 N–H and O–H groups in total. The molecule has 0 bridgehead atoms. The lowest BCUT2D eigenvalue weighted by Crippen LogP contribution is -2.14. The maximum atomic E-state index is 13.0. The number of esters is 1. The number of phenolic OH excluding ortho intramolecular Hbond substituents is 1. The lowest BCUT2D eigenvalue weighted by molar-refractivity contribution is -0.131. The number of fused-ring (bicyclic) bond motifs is 1. The molecule has 0 unspecified atom stereocenters. The van der Waals surface area contributed by atoms with Crippen molar-refractivity contribution in [2.45, 2.75) is 20.8 Å². The van der Waals surface area contributed by atoms with Crippen LogP contribution in [0.1, 0.15) is 41.5 Å². The van der Waals surface area contributed by atoms with Crippen molar-refractivity contribution in [3.05, 3.63) is 51.7 Å². The molecule has 3 aromatic rings. The van der Waals surface area contributed by atoms with Gasteiger partial charge >= 0.3 is 5.97 Å². The van der Waals surface area contributed by atoms with E-state index >= 15 is 0 Å². The van der Waals surface area contributed by atoms with Crippen molar-refractivity contribution >= 4 is 28.5 Å². The number of Topliss-reactive ketones (excluding diaryl/α,β-unsaturated/α-hetero) is 2. The Morgan fingerprint density at radius 3 is 2.00 bits per heavy atom. The Kier molecular flexibility index (Phi) is 4.94. The first-order valence-electron chi connectivity index (χ1n) is 8.49. The molecule has 2 aromatic carbocycles. The molecule has 0 spiro atoms. The lowest BCUT2D eigenvalue weighted by atomic mass is 9.97. The Hall–Kier alpha value is -3.94. The number of ketones is 2. The number of hydrogen-bond donors (Lipinski definition) is 2. The minimum absolute atomic E-state index is 0.241. The summed E-state index contributed by atoms with van der Waals surface area (Å²) >= 11 is 0. The van der Waals surface area contributed by atoms with E-state index in [1.807, 2.05) is 0 Å². The number of hydrogen-bond acceptors (Lipinski definition) is 8. The number of aromatic hydroxyl groups is 2. The predicted molar refractivity (Wildman–Crippen MR) is 103 cm³/mol. The number of benzene rings is 2. The Morgan fingerprint density at radius 1 is 0.897 bits per heavy atom. The van der Waals surface area contributed by atoms with Crippen molar-refractivity contribution in [2.24, 2.45) is 0 Å². The Morgan fingerprint density at radius 2 is 1.48 bits per heavy atom. The van der Waals surface area contributed by atoms with Gasteiger partial charge in [-0.3, -0.25) is 19.2 Å². The highest BCUT2D eigenvalue weighted by Crippen LogP contribution is 2.42. The van der Waals surface area contributed by atoms with Gasteiger partial charge in [0, 0.05) is 12.5 Å². The summed E-state index contributed by atoms with van der Waals surface area (Å²) in [5, 5.41) is 20.5. The van der Waals surface area contributed by atoms with Gasteiger partial charge in [-0.05, 0) is 13.8 Å². The normalized spacial score (nSPS) is 10.7. The first-order valence-corrected chi connectivity index (χ1v) is 8.49. The quantitative estimate of drug-likeness (QED) is 0.390. The van der Waals surface area contributed by atoms with E-state index in [4.69, 9.17) is 9.15 Å². The summed E-state index contributed by atoms with van der Waals surface area (Å²) in [6, 6.07) is 8.13. The summed E-state index contributed by atoms with van der Waals surface area (Å²) in [6.07, 6.45) is 0. The van der Waals surface area contributed by atoms with Crippen LogP contribution in [0, 0.1) is 0 Å². The second-order valence-corrected chi connectivity index (χ2v) is 6.31. The van der Waals surface area contributed by atoms with Crippen molar-refractivity contribution in [2.75, 3.05) is 0 Å². The molecule has 0 saturated carbocycles. The molecule has 0 aliphatic heterocycles. The molecule has 0 aliphatic carbocycles. The third-order valence-electron chi connectivity index (χ3n) is 4.23. The van der Waals surface area contributed by atoms with Gasteiger partial charge < -0.3 is 19.4 Å². The highest BCUT2D eigenvalue weighted by Gasteiger charge is 2.31. The molecule has 148 valence electrons. The van der Waals surface area contributed by atoms with E-state index in [1.165, 1.54) is 0 Å². The van der Waals surface area contributed by atoms with E-state index in [-0.39, 0.29) is 5.76 Å². The molecule has 0 fully saturated rings. The highest BCUT2D eigenvalue weighted by atomic mass is 16.5. The monoisotopic (exact) mass is 396 g/mol. The molecule has 8 heteroatoms. The van der Waals surface area contributed by atoms with Crippen LogP contribution in [-0.4, -0.2) is 27.7 Å². The smallest absolute Gasteiger partial charge is 0.308 e. The van der Waals surface area contributed by atoms with Gasteiger partial charge in [-0.15, -0.1) is 0 Å². The van der Waals surface area contributed by atoms with Crippen molar-refractivity contribution in [1.82, 2.24) is 0 Å². The maximum Gasteiger partial charge on any atom is 0.308 e. The fourth-order valence-corrected chi connectivity index (χ4v) is 3.06. The molecule has 0 amide bonds. The Labute approximate surface area is 164 Å². The second kappa shape index (κ2) is 7.23. The molecular weight excluding hydrogens is 380 g/mol. The number of phenols is 1. The third kappa shape index (κ3) is 3.25. The van der Waals surface area contributed by atoms with Crippen LogP contribution in [0.3, 0.4) is 0 Å². The van der Waals surface area contributed by atoms with Crippen LogP contribution in [0.5, 0.6) is 17.2 Å². The number of ether oxygens (including phenoxy) is 1. The average molecular weight is 396 g/mol. The summed E-state index contributed by atoms with van der Waals surface area (Å²) < 4.78 is 10.7. The Balaban J connectivity index is 2.62. The minimum atomic E-state index is -1.02.